The van der Waals surface area contributed by atoms with Crippen molar-refractivity contribution in [3.8, 4) is 0 Å². The molecule has 0 fully saturated rings. The normalized spacial score (nSPS) is 11.0. The van der Waals surface area contributed by atoms with E-state index in [4.69, 9.17) is 5.14 Å². The third-order valence-corrected chi connectivity index (χ3v) is 4.45. The van der Waals surface area contributed by atoms with Gasteiger partial charge in [-0.1, -0.05) is 29.8 Å². The second-order valence-corrected chi connectivity index (χ2v) is 7.12. The number of primary sulfonamides is 1. The van der Waals surface area contributed by atoms with Gasteiger partial charge in [-0.05, 0) is 43.2 Å². The summed E-state index contributed by atoms with van der Waals surface area (Å²) in [5, 5.41) is 5.02. The minimum atomic E-state index is -3.72. The second kappa shape index (κ2) is 7.91. The third kappa shape index (κ3) is 5.70. The highest BCUT2D eigenvalue weighted by molar-refractivity contribution is 7.89. The van der Waals surface area contributed by atoms with E-state index >= 15 is 0 Å². The van der Waals surface area contributed by atoms with Crippen molar-refractivity contribution in [3.63, 3.8) is 0 Å². The minimum absolute atomic E-state index is 0.0195. The zero-order valence-electron chi connectivity index (χ0n) is 13.7. The molecule has 7 nitrogen and oxygen atoms in total. The van der Waals surface area contributed by atoms with Gasteiger partial charge in [0, 0.05) is 12.0 Å². The fourth-order valence-corrected chi connectivity index (χ4v) is 2.59. The molecule has 0 aromatic heterocycles. The summed E-state index contributed by atoms with van der Waals surface area (Å²) in [5.74, 6) is -0.748. The van der Waals surface area contributed by atoms with Gasteiger partial charge in [0.1, 0.15) is 0 Å². The molecule has 2 aromatic rings. The molecular formula is C17H19N3O4S. The second-order valence-electron chi connectivity index (χ2n) is 5.56. The minimum Gasteiger partial charge on any atom is -0.273 e. The van der Waals surface area contributed by atoms with Crippen molar-refractivity contribution in [2.24, 2.45) is 5.14 Å². The van der Waals surface area contributed by atoms with E-state index in [-0.39, 0.29) is 17.2 Å². The standard InChI is InChI=1S/C17H19N3O4S/c1-12-2-7-14(8-3-12)17(22)20-19-16(21)11-6-13-4-9-15(10-5-13)25(18,23)24/h2-5,7-10H,6,11H2,1H3,(H,19,21)(H,20,22)(H2,18,23,24). The van der Waals surface area contributed by atoms with Crippen molar-refractivity contribution < 1.29 is 18.0 Å². The Morgan fingerprint density at radius 3 is 2.12 bits per heavy atom. The molecule has 0 unspecified atom stereocenters. The summed E-state index contributed by atoms with van der Waals surface area (Å²) in [5.41, 5.74) is 6.97. The Morgan fingerprint density at radius 1 is 0.960 bits per heavy atom. The number of hydrazine groups is 1. The number of sulfonamides is 1. The van der Waals surface area contributed by atoms with Crippen LogP contribution in [0.5, 0.6) is 0 Å². The average Bonchev–Trinajstić information content (AvgIpc) is 2.58. The molecule has 0 saturated carbocycles. The summed E-state index contributed by atoms with van der Waals surface area (Å²) in [6.45, 7) is 1.92. The highest BCUT2D eigenvalue weighted by Crippen LogP contribution is 2.10. The SMILES string of the molecule is Cc1ccc(C(=O)NNC(=O)CCc2ccc(S(N)(=O)=O)cc2)cc1. The summed E-state index contributed by atoms with van der Waals surface area (Å²) in [6, 6.07) is 12.9. The van der Waals surface area contributed by atoms with Gasteiger partial charge < -0.3 is 0 Å². The van der Waals surface area contributed by atoms with Crippen LogP contribution in [-0.4, -0.2) is 20.2 Å². The van der Waals surface area contributed by atoms with E-state index in [9.17, 15) is 18.0 Å². The zero-order chi connectivity index (χ0) is 18.4. The molecule has 2 rings (SSSR count). The van der Waals surface area contributed by atoms with Crippen LogP contribution in [0.3, 0.4) is 0 Å². The average molecular weight is 361 g/mol. The lowest BCUT2D eigenvalue weighted by molar-refractivity contribution is -0.121. The molecule has 0 bridgehead atoms. The van der Waals surface area contributed by atoms with Gasteiger partial charge in [-0.3, -0.25) is 20.4 Å². The van der Waals surface area contributed by atoms with Crippen molar-refractivity contribution in [2.75, 3.05) is 0 Å². The van der Waals surface area contributed by atoms with Gasteiger partial charge in [-0.15, -0.1) is 0 Å². The van der Waals surface area contributed by atoms with Gasteiger partial charge in [0.2, 0.25) is 15.9 Å². The van der Waals surface area contributed by atoms with Crippen molar-refractivity contribution >= 4 is 21.8 Å². The molecule has 8 heteroatoms. The number of benzene rings is 2. The van der Waals surface area contributed by atoms with Crippen LogP contribution >= 0.6 is 0 Å². The Hall–Kier alpha value is -2.71. The lowest BCUT2D eigenvalue weighted by Crippen LogP contribution is -2.41. The van der Waals surface area contributed by atoms with E-state index in [1.165, 1.54) is 12.1 Å². The van der Waals surface area contributed by atoms with Crippen molar-refractivity contribution in [2.45, 2.75) is 24.7 Å². The van der Waals surface area contributed by atoms with E-state index in [1.54, 1.807) is 24.3 Å². The molecule has 0 heterocycles. The van der Waals surface area contributed by atoms with Crippen LogP contribution < -0.4 is 16.0 Å². The molecule has 2 amide bonds. The molecule has 0 atom stereocenters. The quantitative estimate of drug-likeness (QED) is 0.689. The van der Waals surface area contributed by atoms with Crippen LogP contribution in [-0.2, 0) is 21.2 Å². The number of amides is 2. The zero-order valence-corrected chi connectivity index (χ0v) is 14.5. The van der Waals surface area contributed by atoms with Crippen LogP contribution in [0.15, 0.2) is 53.4 Å². The van der Waals surface area contributed by atoms with Crippen LogP contribution in [0.25, 0.3) is 0 Å². The maximum absolute atomic E-state index is 11.9. The van der Waals surface area contributed by atoms with Crippen LogP contribution in [0.2, 0.25) is 0 Å². The number of nitrogens with two attached hydrogens (primary N) is 1. The predicted octanol–water partition coefficient (Wildman–Crippen LogP) is 1.04. The number of nitrogens with one attached hydrogen (secondary N) is 2. The molecule has 0 aliphatic heterocycles. The Balaban J connectivity index is 1.80. The lowest BCUT2D eigenvalue weighted by Gasteiger charge is -2.08. The molecule has 0 radical (unpaired) electrons. The number of rotatable bonds is 5. The maximum atomic E-state index is 11.9. The smallest absolute Gasteiger partial charge is 0.269 e. The van der Waals surface area contributed by atoms with Gasteiger partial charge >= 0.3 is 0 Å². The molecule has 0 aliphatic carbocycles. The highest BCUT2D eigenvalue weighted by atomic mass is 32.2. The van der Waals surface area contributed by atoms with Crippen LogP contribution in [0.1, 0.15) is 27.9 Å². The van der Waals surface area contributed by atoms with E-state index in [2.05, 4.69) is 10.9 Å². The summed E-state index contributed by atoms with van der Waals surface area (Å²) < 4.78 is 22.3. The fraction of sp³-hybridized carbons (Fsp3) is 0.176. The first-order valence-corrected chi connectivity index (χ1v) is 9.08. The van der Waals surface area contributed by atoms with Gasteiger partial charge in [0.15, 0.2) is 0 Å². The van der Waals surface area contributed by atoms with Gasteiger partial charge in [0.25, 0.3) is 5.91 Å². The van der Waals surface area contributed by atoms with E-state index in [0.29, 0.717) is 12.0 Å². The van der Waals surface area contributed by atoms with Gasteiger partial charge in [0.05, 0.1) is 4.90 Å². The first-order valence-electron chi connectivity index (χ1n) is 7.53. The van der Waals surface area contributed by atoms with E-state index < -0.39 is 15.9 Å². The summed E-state index contributed by atoms with van der Waals surface area (Å²) >= 11 is 0. The fourth-order valence-electron chi connectivity index (χ4n) is 2.07. The summed E-state index contributed by atoms with van der Waals surface area (Å²) in [4.78, 5) is 23.7. The Kier molecular flexibility index (Phi) is 5.89. The summed E-state index contributed by atoms with van der Waals surface area (Å²) in [7, 11) is -3.72. The summed E-state index contributed by atoms with van der Waals surface area (Å²) in [6.07, 6.45) is 0.542. The Morgan fingerprint density at radius 2 is 1.56 bits per heavy atom. The molecule has 0 spiro atoms. The van der Waals surface area contributed by atoms with Gasteiger partial charge in [-0.2, -0.15) is 0 Å². The van der Waals surface area contributed by atoms with Crippen molar-refractivity contribution in [1.29, 1.82) is 0 Å². The largest absolute Gasteiger partial charge is 0.273 e. The van der Waals surface area contributed by atoms with Crippen LogP contribution in [0, 0.1) is 6.92 Å². The molecule has 0 aliphatic rings. The molecule has 132 valence electrons. The van der Waals surface area contributed by atoms with Crippen molar-refractivity contribution in [1.82, 2.24) is 10.9 Å². The Labute approximate surface area is 146 Å². The molecule has 2 aromatic carbocycles. The molecule has 0 saturated heterocycles. The number of hydrogen-bond donors (Lipinski definition) is 3. The van der Waals surface area contributed by atoms with Gasteiger partial charge in [-0.25, -0.2) is 13.6 Å². The number of carbonyl (C=O) groups is 2. The monoisotopic (exact) mass is 361 g/mol. The number of hydrogen-bond acceptors (Lipinski definition) is 4. The maximum Gasteiger partial charge on any atom is 0.269 e. The van der Waals surface area contributed by atoms with E-state index in [1.807, 2.05) is 19.1 Å². The molecule has 4 N–H and O–H groups in total. The topological polar surface area (TPSA) is 118 Å². The third-order valence-electron chi connectivity index (χ3n) is 3.52. The Bertz CT molecular complexity index is 860. The molecular weight excluding hydrogens is 342 g/mol. The lowest BCUT2D eigenvalue weighted by atomic mass is 10.1. The highest BCUT2D eigenvalue weighted by Gasteiger charge is 2.09. The number of carbonyl (C=O) groups excluding carboxylic acids is 2. The van der Waals surface area contributed by atoms with Crippen molar-refractivity contribution in [3.05, 3.63) is 65.2 Å². The first kappa shape index (κ1) is 18.6. The molecule has 25 heavy (non-hydrogen) atoms. The number of aryl methyl sites for hydroxylation is 2. The predicted molar refractivity (Wildman–Crippen MR) is 92.9 cm³/mol. The van der Waals surface area contributed by atoms with E-state index in [0.717, 1.165) is 11.1 Å². The first-order chi connectivity index (χ1) is 11.8. The van der Waals surface area contributed by atoms with Crippen LogP contribution in [0.4, 0.5) is 0 Å².